The second-order valence-corrected chi connectivity index (χ2v) is 4.00. The van der Waals surface area contributed by atoms with Crippen LogP contribution in [0.5, 0.6) is 0 Å². The number of aryl methyl sites for hydroxylation is 1. The summed E-state index contributed by atoms with van der Waals surface area (Å²) in [7, 11) is 0. The summed E-state index contributed by atoms with van der Waals surface area (Å²) in [6, 6.07) is 8.63. The second-order valence-electron chi connectivity index (χ2n) is 3.59. The number of halogens is 1. The standard InChI is InChI=1S/C12H18ClN/c1-3-14-10(2)8-9-11-6-4-5-7-12(11)13/h4-7,10,14H,3,8-9H2,1-2H3. The predicted octanol–water partition coefficient (Wildman–Crippen LogP) is 3.27. The molecule has 0 saturated carbocycles. The van der Waals surface area contributed by atoms with Gasteiger partial charge in [0.15, 0.2) is 0 Å². The molecule has 2 heteroatoms. The average Bonchev–Trinajstić information content (AvgIpc) is 2.17. The van der Waals surface area contributed by atoms with E-state index in [4.69, 9.17) is 11.6 Å². The maximum atomic E-state index is 6.06. The molecular formula is C12H18ClN. The third-order valence-electron chi connectivity index (χ3n) is 2.36. The number of benzene rings is 1. The molecule has 0 bridgehead atoms. The van der Waals surface area contributed by atoms with Crippen LogP contribution in [0.1, 0.15) is 25.8 Å². The van der Waals surface area contributed by atoms with Gasteiger partial charge in [-0.1, -0.05) is 36.7 Å². The van der Waals surface area contributed by atoms with Crippen molar-refractivity contribution in [3.05, 3.63) is 34.9 Å². The Morgan fingerprint density at radius 1 is 1.36 bits per heavy atom. The maximum Gasteiger partial charge on any atom is 0.0437 e. The monoisotopic (exact) mass is 211 g/mol. The second kappa shape index (κ2) is 6.05. The molecule has 0 radical (unpaired) electrons. The van der Waals surface area contributed by atoms with E-state index in [1.165, 1.54) is 5.56 Å². The molecule has 78 valence electrons. The molecule has 1 nitrogen and oxygen atoms in total. The fourth-order valence-corrected chi connectivity index (χ4v) is 1.75. The summed E-state index contributed by atoms with van der Waals surface area (Å²) in [6.07, 6.45) is 2.19. The Bertz CT molecular complexity index is 273. The van der Waals surface area contributed by atoms with Gasteiger partial charge in [-0.25, -0.2) is 0 Å². The smallest absolute Gasteiger partial charge is 0.0437 e. The number of hydrogen-bond acceptors (Lipinski definition) is 1. The third kappa shape index (κ3) is 3.69. The van der Waals surface area contributed by atoms with E-state index in [2.05, 4.69) is 25.2 Å². The summed E-state index contributed by atoms with van der Waals surface area (Å²) in [5.74, 6) is 0. The summed E-state index contributed by atoms with van der Waals surface area (Å²) in [4.78, 5) is 0. The van der Waals surface area contributed by atoms with Crippen molar-refractivity contribution in [1.82, 2.24) is 5.32 Å². The van der Waals surface area contributed by atoms with Crippen LogP contribution in [0.3, 0.4) is 0 Å². The molecule has 0 saturated heterocycles. The van der Waals surface area contributed by atoms with Crippen molar-refractivity contribution in [1.29, 1.82) is 0 Å². The van der Waals surface area contributed by atoms with Crippen LogP contribution in [0.2, 0.25) is 5.02 Å². The number of nitrogens with one attached hydrogen (secondary N) is 1. The molecule has 1 unspecified atom stereocenters. The Hall–Kier alpha value is -0.530. The molecule has 0 spiro atoms. The van der Waals surface area contributed by atoms with E-state index >= 15 is 0 Å². The van der Waals surface area contributed by atoms with Crippen molar-refractivity contribution in [3.8, 4) is 0 Å². The number of hydrogen-bond donors (Lipinski definition) is 1. The van der Waals surface area contributed by atoms with Gasteiger partial charge in [-0.15, -0.1) is 0 Å². The van der Waals surface area contributed by atoms with Crippen LogP contribution in [0.4, 0.5) is 0 Å². The Morgan fingerprint density at radius 3 is 2.71 bits per heavy atom. The van der Waals surface area contributed by atoms with Gasteiger partial charge in [0.1, 0.15) is 0 Å². The topological polar surface area (TPSA) is 12.0 Å². The summed E-state index contributed by atoms with van der Waals surface area (Å²) in [6.45, 7) is 5.37. The molecule has 0 fully saturated rings. The summed E-state index contributed by atoms with van der Waals surface area (Å²) < 4.78 is 0. The van der Waals surface area contributed by atoms with Gasteiger partial charge in [-0.3, -0.25) is 0 Å². The zero-order valence-electron chi connectivity index (χ0n) is 8.89. The van der Waals surface area contributed by atoms with Gasteiger partial charge < -0.3 is 5.32 Å². The minimum absolute atomic E-state index is 0.566. The van der Waals surface area contributed by atoms with Gasteiger partial charge in [0.2, 0.25) is 0 Å². The maximum absolute atomic E-state index is 6.06. The molecule has 14 heavy (non-hydrogen) atoms. The fourth-order valence-electron chi connectivity index (χ4n) is 1.52. The molecule has 0 aliphatic heterocycles. The zero-order chi connectivity index (χ0) is 10.4. The SMILES string of the molecule is CCNC(C)CCc1ccccc1Cl. The van der Waals surface area contributed by atoms with Crippen LogP contribution in [0, 0.1) is 0 Å². The van der Waals surface area contributed by atoms with E-state index in [9.17, 15) is 0 Å². The fraction of sp³-hybridized carbons (Fsp3) is 0.500. The lowest BCUT2D eigenvalue weighted by Crippen LogP contribution is -2.25. The van der Waals surface area contributed by atoms with Crippen molar-refractivity contribution in [2.45, 2.75) is 32.7 Å². The Kier molecular flexibility index (Phi) is 4.99. The van der Waals surface area contributed by atoms with Gasteiger partial charge in [-0.05, 0) is 37.9 Å². The van der Waals surface area contributed by atoms with E-state index in [1.807, 2.05) is 18.2 Å². The molecule has 0 aliphatic carbocycles. The summed E-state index contributed by atoms with van der Waals surface area (Å²) in [5.41, 5.74) is 1.25. The van der Waals surface area contributed by atoms with Crippen LogP contribution in [0.15, 0.2) is 24.3 Å². The van der Waals surface area contributed by atoms with Crippen molar-refractivity contribution in [2.75, 3.05) is 6.54 Å². The quantitative estimate of drug-likeness (QED) is 0.789. The molecule has 0 aliphatic rings. The highest BCUT2D eigenvalue weighted by Gasteiger charge is 2.02. The van der Waals surface area contributed by atoms with Crippen molar-refractivity contribution in [2.24, 2.45) is 0 Å². The lowest BCUT2D eigenvalue weighted by Gasteiger charge is -2.12. The summed E-state index contributed by atoms with van der Waals surface area (Å²) >= 11 is 6.06. The van der Waals surface area contributed by atoms with Gasteiger partial charge in [-0.2, -0.15) is 0 Å². The minimum atomic E-state index is 0.566. The highest BCUT2D eigenvalue weighted by molar-refractivity contribution is 6.31. The molecule has 1 aromatic carbocycles. The van der Waals surface area contributed by atoms with Gasteiger partial charge in [0, 0.05) is 11.1 Å². The molecule has 1 N–H and O–H groups in total. The van der Waals surface area contributed by atoms with Crippen LogP contribution < -0.4 is 5.32 Å². The van der Waals surface area contributed by atoms with E-state index in [-0.39, 0.29) is 0 Å². The number of rotatable bonds is 5. The normalized spacial score (nSPS) is 12.8. The van der Waals surface area contributed by atoms with Gasteiger partial charge in [0.05, 0.1) is 0 Å². The van der Waals surface area contributed by atoms with Crippen LogP contribution in [0.25, 0.3) is 0 Å². The molecule has 0 amide bonds. The van der Waals surface area contributed by atoms with Gasteiger partial charge >= 0.3 is 0 Å². The summed E-state index contributed by atoms with van der Waals surface area (Å²) in [5, 5.41) is 4.28. The largest absolute Gasteiger partial charge is 0.315 e. The lowest BCUT2D eigenvalue weighted by atomic mass is 10.1. The van der Waals surface area contributed by atoms with E-state index < -0.39 is 0 Å². The van der Waals surface area contributed by atoms with Crippen molar-refractivity contribution >= 4 is 11.6 Å². The average molecular weight is 212 g/mol. The first-order chi connectivity index (χ1) is 6.74. The first-order valence-electron chi connectivity index (χ1n) is 5.20. The Balaban J connectivity index is 2.41. The third-order valence-corrected chi connectivity index (χ3v) is 2.73. The molecule has 0 heterocycles. The molecule has 0 aromatic heterocycles. The Morgan fingerprint density at radius 2 is 2.07 bits per heavy atom. The van der Waals surface area contributed by atoms with Crippen molar-refractivity contribution < 1.29 is 0 Å². The molecule has 1 rings (SSSR count). The van der Waals surface area contributed by atoms with E-state index in [1.54, 1.807) is 0 Å². The first-order valence-corrected chi connectivity index (χ1v) is 5.58. The van der Waals surface area contributed by atoms with Gasteiger partial charge in [0.25, 0.3) is 0 Å². The Labute approximate surface area is 91.5 Å². The first kappa shape index (κ1) is 11.5. The van der Waals surface area contributed by atoms with Crippen LogP contribution >= 0.6 is 11.6 Å². The molecule has 1 atom stereocenters. The molecular weight excluding hydrogens is 194 g/mol. The minimum Gasteiger partial charge on any atom is -0.315 e. The predicted molar refractivity (Wildman–Crippen MR) is 62.9 cm³/mol. The highest BCUT2D eigenvalue weighted by atomic mass is 35.5. The van der Waals surface area contributed by atoms with E-state index in [0.29, 0.717) is 6.04 Å². The van der Waals surface area contributed by atoms with E-state index in [0.717, 1.165) is 24.4 Å². The highest BCUT2D eigenvalue weighted by Crippen LogP contribution is 2.16. The van der Waals surface area contributed by atoms with Crippen molar-refractivity contribution in [3.63, 3.8) is 0 Å². The molecule has 1 aromatic rings. The zero-order valence-corrected chi connectivity index (χ0v) is 9.64. The van der Waals surface area contributed by atoms with Crippen LogP contribution in [-0.2, 0) is 6.42 Å². The lowest BCUT2D eigenvalue weighted by molar-refractivity contribution is 0.531. The van der Waals surface area contributed by atoms with Crippen LogP contribution in [-0.4, -0.2) is 12.6 Å².